The summed E-state index contributed by atoms with van der Waals surface area (Å²) >= 11 is 0. The van der Waals surface area contributed by atoms with Crippen LogP contribution in [0.3, 0.4) is 0 Å². The normalized spacial score (nSPS) is 9.95. The molecule has 96 valence electrons. The molecule has 2 aromatic rings. The van der Waals surface area contributed by atoms with Gasteiger partial charge in [0.2, 0.25) is 0 Å². The molecule has 2 rings (SSSR count). The lowest BCUT2D eigenvalue weighted by atomic mass is 10.2. The number of anilines is 1. The zero-order chi connectivity index (χ0) is 13.8. The van der Waals surface area contributed by atoms with E-state index in [4.69, 9.17) is 5.26 Å². The highest BCUT2D eigenvalue weighted by molar-refractivity contribution is 5.40. The van der Waals surface area contributed by atoms with Gasteiger partial charge in [0.25, 0.3) is 5.56 Å². The van der Waals surface area contributed by atoms with E-state index in [0.717, 1.165) is 5.69 Å². The van der Waals surface area contributed by atoms with Crippen LogP contribution in [0, 0.1) is 11.3 Å². The quantitative estimate of drug-likeness (QED) is 0.804. The summed E-state index contributed by atoms with van der Waals surface area (Å²) in [6.07, 6.45) is 3.16. The molecule has 0 radical (unpaired) electrons. The van der Waals surface area contributed by atoms with Crippen LogP contribution < -0.4 is 10.5 Å². The van der Waals surface area contributed by atoms with Crippen molar-refractivity contribution < 1.29 is 0 Å². The zero-order valence-electron chi connectivity index (χ0n) is 10.7. The molecule has 0 N–H and O–H groups in total. The van der Waals surface area contributed by atoms with Gasteiger partial charge in [0.05, 0.1) is 18.4 Å². The lowest BCUT2D eigenvalue weighted by Crippen LogP contribution is -2.25. The van der Waals surface area contributed by atoms with Crippen LogP contribution in [0.25, 0.3) is 0 Å². The van der Waals surface area contributed by atoms with Gasteiger partial charge in [0, 0.05) is 31.9 Å². The number of aromatic nitrogens is 3. The smallest absolute Gasteiger partial charge is 0.269 e. The largest absolute Gasteiger partial charge is 0.376 e. The van der Waals surface area contributed by atoms with Gasteiger partial charge in [0.15, 0.2) is 0 Å². The molecule has 0 bridgehead atoms. The second kappa shape index (κ2) is 5.31. The first-order valence-electron chi connectivity index (χ1n) is 5.70. The van der Waals surface area contributed by atoms with Crippen molar-refractivity contribution in [1.29, 1.82) is 5.26 Å². The molecule has 2 aromatic heterocycles. The van der Waals surface area contributed by atoms with E-state index in [0.29, 0.717) is 11.3 Å². The molecule has 0 aliphatic carbocycles. The van der Waals surface area contributed by atoms with E-state index in [1.807, 2.05) is 25.1 Å². The summed E-state index contributed by atoms with van der Waals surface area (Å²) in [6, 6.07) is 7.01. The van der Waals surface area contributed by atoms with Gasteiger partial charge in [-0.15, -0.1) is 0 Å². The fourth-order valence-corrected chi connectivity index (χ4v) is 1.62. The summed E-state index contributed by atoms with van der Waals surface area (Å²) in [6.45, 7) is 0.239. The average Bonchev–Trinajstić information content (AvgIpc) is 2.41. The molecule has 19 heavy (non-hydrogen) atoms. The minimum atomic E-state index is -0.209. The number of pyridine rings is 1. The van der Waals surface area contributed by atoms with Gasteiger partial charge in [-0.2, -0.15) is 10.4 Å². The fraction of sp³-hybridized carbons (Fsp3) is 0.231. The molecule has 0 fully saturated rings. The highest BCUT2D eigenvalue weighted by atomic mass is 16.1. The molecule has 0 saturated carbocycles. The third-order valence-corrected chi connectivity index (χ3v) is 2.69. The molecule has 0 saturated heterocycles. The Morgan fingerprint density at radius 2 is 2.26 bits per heavy atom. The van der Waals surface area contributed by atoms with E-state index in [2.05, 4.69) is 10.1 Å². The van der Waals surface area contributed by atoms with Crippen molar-refractivity contribution in [3.63, 3.8) is 0 Å². The van der Waals surface area contributed by atoms with Crippen molar-refractivity contribution in [2.24, 2.45) is 0 Å². The highest BCUT2D eigenvalue weighted by Crippen LogP contribution is 2.07. The van der Waals surface area contributed by atoms with E-state index < -0.39 is 0 Å². The molecular formula is C13H13N5O. The third-order valence-electron chi connectivity index (χ3n) is 2.69. The lowest BCUT2D eigenvalue weighted by molar-refractivity contribution is 0.635. The fourth-order valence-electron chi connectivity index (χ4n) is 1.62. The van der Waals surface area contributed by atoms with E-state index in [9.17, 15) is 4.79 Å². The maximum absolute atomic E-state index is 11.9. The minimum Gasteiger partial charge on any atom is -0.376 e. The average molecular weight is 255 g/mol. The molecule has 0 aromatic carbocycles. The van der Waals surface area contributed by atoms with Gasteiger partial charge in [-0.3, -0.25) is 4.79 Å². The molecule has 2 heterocycles. The van der Waals surface area contributed by atoms with Crippen molar-refractivity contribution >= 4 is 5.69 Å². The van der Waals surface area contributed by atoms with Gasteiger partial charge < -0.3 is 4.90 Å². The van der Waals surface area contributed by atoms with Crippen LogP contribution in [0.15, 0.2) is 35.4 Å². The number of rotatable bonds is 3. The van der Waals surface area contributed by atoms with Gasteiger partial charge >= 0.3 is 0 Å². The van der Waals surface area contributed by atoms with Crippen molar-refractivity contribution in [2.45, 2.75) is 6.54 Å². The van der Waals surface area contributed by atoms with Crippen molar-refractivity contribution in [3.05, 3.63) is 52.2 Å². The Morgan fingerprint density at radius 3 is 2.89 bits per heavy atom. The second-order valence-corrected chi connectivity index (χ2v) is 4.23. The standard InChI is InChI=1S/C13H13N5O/c1-17(2)11-6-13(19)18(16-8-11)9-10-4-3-5-15-12(10)7-14/h3-6,8H,9H2,1-2H3. The predicted octanol–water partition coefficient (Wildman–Crippen LogP) is 0.624. The summed E-state index contributed by atoms with van der Waals surface area (Å²) < 4.78 is 1.31. The zero-order valence-corrected chi connectivity index (χ0v) is 10.7. The molecule has 6 nitrogen and oxygen atoms in total. The molecule has 0 spiro atoms. The third kappa shape index (κ3) is 2.77. The molecule has 0 aliphatic rings. The Bertz CT molecular complexity index is 684. The van der Waals surface area contributed by atoms with Crippen molar-refractivity contribution in [3.8, 4) is 6.07 Å². The highest BCUT2D eigenvalue weighted by Gasteiger charge is 2.06. The van der Waals surface area contributed by atoms with E-state index >= 15 is 0 Å². The SMILES string of the molecule is CN(C)c1cnn(Cc2cccnc2C#N)c(=O)c1. The van der Waals surface area contributed by atoms with Gasteiger partial charge in [0.1, 0.15) is 11.8 Å². The maximum Gasteiger partial charge on any atom is 0.269 e. The van der Waals surface area contributed by atoms with E-state index in [-0.39, 0.29) is 12.1 Å². The summed E-state index contributed by atoms with van der Waals surface area (Å²) in [5.41, 5.74) is 1.52. The van der Waals surface area contributed by atoms with Crippen molar-refractivity contribution in [2.75, 3.05) is 19.0 Å². The first kappa shape index (κ1) is 12.8. The molecule has 0 aliphatic heterocycles. The lowest BCUT2D eigenvalue weighted by Gasteiger charge is -2.12. The Balaban J connectivity index is 2.35. The molecular weight excluding hydrogens is 242 g/mol. The van der Waals surface area contributed by atoms with E-state index in [1.54, 1.807) is 24.5 Å². The van der Waals surface area contributed by atoms with E-state index in [1.165, 1.54) is 10.7 Å². The number of hydrogen-bond acceptors (Lipinski definition) is 5. The van der Waals surface area contributed by atoms with Crippen LogP contribution in [0.5, 0.6) is 0 Å². The van der Waals surface area contributed by atoms with Crippen molar-refractivity contribution in [1.82, 2.24) is 14.8 Å². The van der Waals surface area contributed by atoms with Gasteiger partial charge in [-0.25, -0.2) is 9.67 Å². The van der Waals surface area contributed by atoms with Crippen LogP contribution in [0.4, 0.5) is 5.69 Å². The van der Waals surface area contributed by atoms with Crippen LogP contribution in [0.1, 0.15) is 11.3 Å². The second-order valence-electron chi connectivity index (χ2n) is 4.23. The maximum atomic E-state index is 11.9. The Labute approximate surface area is 110 Å². The monoisotopic (exact) mass is 255 g/mol. The van der Waals surface area contributed by atoms with Crippen LogP contribution >= 0.6 is 0 Å². The molecule has 6 heteroatoms. The first-order valence-corrected chi connectivity index (χ1v) is 5.70. The molecule has 0 atom stereocenters. The Kier molecular flexibility index (Phi) is 3.57. The first-order chi connectivity index (χ1) is 9.11. The van der Waals surface area contributed by atoms with Crippen LogP contribution in [-0.4, -0.2) is 28.9 Å². The van der Waals surface area contributed by atoms with Gasteiger partial charge in [-0.1, -0.05) is 6.07 Å². The molecule has 0 amide bonds. The summed E-state index contributed by atoms with van der Waals surface area (Å²) in [5, 5.41) is 13.1. The number of hydrogen-bond donors (Lipinski definition) is 0. The summed E-state index contributed by atoms with van der Waals surface area (Å²) in [5.74, 6) is 0. The Hall–Kier alpha value is -2.68. The van der Waals surface area contributed by atoms with Crippen LogP contribution in [0.2, 0.25) is 0 Å². The Morgan fingerprint density at radius 1 is 1.47 bits per heavy atom. The summed E-state index contributed by atoms with van der Waals surface area (Å²) in [7, 11) is 3.69. The number of nitriles is 1. The number of nitrogens with zero attached hydrogens (tertiary/aromatic N) is 5. The minimum absolute atomic E-state index is 0.209. The van der Waals surface area contributed by atoms with Gasteiger partial charge in [-0.05, 0) is 6.07 Å². The van der Waals surface area contributed by atoms with Crippen LogP contribution in [-0.2, 0) is 6.54 Å². The topological polar surface area (TPSA) is 74.8 Å². The predicted molar refractivity (Wildman–Crippen MR) is 70.9 cm³/mol. The summed E-state index contributed by atoms with van der Waals surface area (Å²) in [4.78, 5) is 17.7. The molecule has 0 unspecified atom stereocenters.